The Labute approximate surface area is 154 Å². The molecule has 1 aromatic carbocycles. The second kappa shape index (κ2) is 6.98. The lowest BCUT2D eigenvalue weighted by Crippen LogP contribution is -2.51. The van der Waals surface area contributed by atoms with Crippen LogP contribution in [0.5, 0.6) is 0 Å². The average molecular weight is 351 g/mol. The summed E-state index contributed by atoms with van der Waals surface area (Å²) >= 11 is 0. The predicted octanol–water partition coefficient (Wildman–Crippen LogP) is 4.08. The van der Waals surface area contributed by atoms with Crippen LogP contribution in [0.2, 0.25) is 0 Å². The highest BCUT2D eigenvalue weighted by atomic mass is 16.6. The molecule has 0 spiro atoms. The largest absolute Gasteiger partial charge is 0.445 e. The van der Waals surface area contributed by atoms with E-state index in [1.807, 2.05) is 53.9 Å². The Balaban J connectivity index is 1.51. The summed E-state index contributed by atoms with van der Waals surface area (Å²) in [6, 6.07) is 10.2. The summed E-state index contributed by atoms with van der Waals surface area (Å²) in [6.07, 6.45) is 8.22. The Morgan fingerprint density at radius 2 is 2.08 bits per heavy atom. The normalized spacial score (nSPS) is 22.1. The van der Waals surface area contributed by atoms with Crippen LogP contribution in [0.1, 0.15) is 42.5 Å². The monoisotopic (exact) mass is 351 g/mol. The molecule has 136 valence electrons. The highest BCUT2D eigenvalue weighted by molar-refractivity contribution is 5.75. The fourth-order valence-electron chi connectivity index (χ4n) is 4.22. The van der Waals surface area contributed by atoms with Crippen LogP contribution in [0.4, 0.5) is 4.79 Å². The number of carbonyl (C=O) groups is 1. The van der Waals surface area contributed by atoms with Gasteiger partial charge in [-0.3, -0.25) is 9.58 Å². The molecule has 2 atom stereocenters. The summed E-state index contributed by atoms with van der Waals surface area (Å²) < 4.78 is 7.48. The van der Waals surface area contributed by atoms with Gasteiger partial charge in [0, 0.05) is 24.8 Å². The average Bonchev–Trinajstić information content (AvgIpc) is 2.97. The third kappa shape index (κ3) is 3.26. The smallest absolute Gasteiger partial charge is 0.410 e. The molecule has 1 saturated heterocycles. The lowest BCUT2D eigenvalue weighted by atomic mass is 9.83. The molecule has 5 nitrogen and oxygen atoms in total. The number of rotatable bonds is 3. The second-order valence-corrected chi connectivity index (χ2v) is 7.30. The molecule has 1 fully saturated rings. The molecule has 0 N–H and O–H groups in total. The molecule has 1 amide bonds. The van der Waals surface area contributed by atoms with Crippen molar-refractivity contribution < 1.29 is 9.53 Å². The van der Waals surface area contributed by atoms with Crippen LogP contribution in [0.15, 0.2) is 42.6 Å². The van der Waals surface area contributed by atoms with Gasteiger partial charge >= 0.3 is 6.09 Å². The summed E-state index contributed by atoms with van der Waals surface area (Å²) in [7, 11) is 1.95. The summed E-state index contributed by atoms with van der Waals surface area (Å²) in [5.74, 6) is 0. The van der Waals surface area contributed by atoms with Gasteiger partial charge in [-0.25, -0.2) is 4.79 Å². The van der Waals surface area contributed by atoms with E-state index in [0.29, 0.717) is 6.61 Å². The lowest BCUT2D eigenvalue weighted by molar-refractivity contribution is 0.0510. The van der Waals surface area contributed by atoms with Gasteiger partial charge in [-0.1, -0.05) is 36.4 Å². The van der Waals surface area contributed by atoms with Gasteiger partial charge in [0.15, 0.2) is 0 Å². The van der Waals surface area contributed by atoms with Gasteiger partial charge in [-0.05, 0) is 43.7 Å². The van der Waals surface area contributed by atoms with Gasteiger partial charge in [0.05, 0.1) is 11.7 Å². The third-order valence-electron chi connectivity index (χ3n) is 5.41. The zero-order valence-corrected chi connectivity index (χ0v) is 15.4. The molecule has 3 heterocycles. The molecule has 26 heavy (non-hydrogen) atoms. The topological polar surface area (TPSA) is 47.4 Å². The van der Waals surface area contributed by atoms with Crippen molar-refractivity contribution in [2.24, 2.45) is 7.05 Å². The van der Waals surface area contributed by atoms with Crippen LogP contribution in [0.25, 0.3) is 5.57 Å². The van der Waals surface area contributed by atoms with Gasteiger partial charge < -0.3 is 4.74 Å². The Morgan fingerprint density at radius 3 is 2.77 bits per heavy atom. The van der Waals surface area contributed by atoms with Crippen molar-refractivity contribution >= 4 is 11.7 Å². The van der Waals surface area contributed by atoms with Crippen LogP contribution in [-0.4, -0.2) is 32.9 Å². The van der Waals surface area contributed by atoms with Crippen molar-refractivity contribution in [3.8, 4) is 0 Å². The standard InChI is InChI=1S/C21H25N3O2/c1-15-20(13-23(2)22-15)17-11-18-9-6-10-19(12-17)24(18)21(25)26-14-16-7-4-3-5-8-16/h3-5,7-8,11,13,18-19H,6,9-10,12,14H2,1-2H3. The minimum absolute atomic E-state index is 0.125. The van der Waals surface area contributed by atoms with Gasteiger partial charge in [-0.15, -0.1) is 0 Å². The molecular formula is C21H25N3O2. The van der Waals surface area contributed by atoms with E-state index >= 15 is 0 Å². The number of amides is 1. The Kier molecular flexibility index (Phi) is 4.53. The first-order valence-electron chi connectivity index (χ1n) is 9.32. The molecular weight excluding hydrogens is 326 g/mol. The first-order chi connectivity index (χ1) is 12.6. The van der Waals surface area contributed by atoms with Gasteiger partial charge in [-0.2, -0.15) is 5.10 Å². The Bertz CT molecular complexity index is 825. The maximum absolute atomic E-state index is 12.8. The first kappa shape index (κ1) is 16.9. The van der Waals surface area contributed by atoms with Crippen LogP contribution >= 0.6 is 0 Å². The van der Waals surface area contributed by atoms with E-state index < -0.39 is 0 Å². The van der Waals surface area contributed by atoms with Crippen LogP contribution in [0, 0.1) is 6.92 Å². The highest BCUT2D eigenvalue weighted by Gasteiger charge is 2.38. The summed E-state index contributed by atoms with van der Waals surface area (Å²) in [5, 5.41) is 4.47. The predicted molar refractivity (Wildman–Crippen MR) is 100 cm³/mol. The van der Waals surface area contributed by atoms with Gasteiger partial charge in [0.1, 0.15) is 6.61 Å². The van der Waals surface area contributed by atoms with Crippen molar-refractivity contribution in [3.63, 3.8) is 0 Å². The van der Waals surface area contributed by atoms with Gasteiger partial charge in [0.2, 0.25) is 0 Å². The van der Waals surface area contributed by atoms with E-state index in [9.17, 15) is 4.79 Å². The Hall–Kier alpha value is -2.56. The number of aryl methyl sites for hydroxylation is 2. The number of ether oxygens (including phenoxy) is 1. The van der Waals surface area contributed by atoms with E-state index in [0.717, 1.165) is 36.9 Å². The molecule has 2 unspecified atom stereocenters. The number of fused-ring (bicyclic) bond motifs is 2. The van der Waals surface area contributed by atoms with Crippen LogP contribution in [0.3, 0.4) is 0 Å². The molecule has 2 aliphatic rings. The van der Waals surface area contributed by atoms with E-state index in [-0.39, 0.29) is 18.2 Å². The summed E-state index contributed by atoms with van der Waals surface area (Å²) in [6.45, 7) is 2.38. The zero-order valence-electron chi connectivity index (χ0n) is 15.4. The molecule has 1 aromatic heterocycles. The van der Waals surface area contributed by atoms with Crippen LogP contribution in [-0.2, 0) is 18.4 Å². The number of nitrogens with zero attached hydrogens (tertiary/aromatic N) is 3. The molecule has 0 aliphatic carbocycles. The molecule has 5 heteroatoms. The minimum atomic E-state index is -0.193. The van der Waals surface area contributed by atoms with Crippen molar-refractivity contribution in [1.29, 1.82) is 0 Å². The molecule has 2 aliphatic heterocycles. The van der Waals surface area contributed by atoms with Crippen molar-refractivity contribution in [1.82, 2.24) is 14.7 Å². The third-order valence-corrected chi connectivity index (χ3v) is 5.41. The van der Waals surface area contributed by atoms with Crippen molar-refractivity contribution in [2.45, 2.75) is 51.3 Å². The fourth-order valence-corrected chi connectivity index (χ4v) is 4.22. The number of hydrogen-bond donors (Lipinski definition) is 0. The molecule has 2 bridgehead atoms. The van der Waals surface area contributed by atoms with Gasteiger partial charge in [0.25, 0.3) is 0 Å². The quantitative estimate of drug-likeness (QED) is 0.837. The second-order valence-electron chi connectivity index (χ2n) is 7.30. The van der Waals surface area contributed by atoms with Crippen LogP contribution < -0.4 is 0 Å². The van der Waals surface area contributed by atoms with E-state index in [4.69, 9.17) is 4.74 Å². The number of hydrogen-bond acceptors (Lipinski definition) is 3. The summed E-state index contributed by atoms with van der Waals surface area (Å²) in [5.41, 5.74) is 4.60. The maximum atomic E-state index is 12.8. The minimum Gasteiger partial charge on any atom is -0.445 e. The first-order valence-corrected chi connectivity index (χ1v) is 9.32. The molecule has 2 aromatic rings. The fraction of sp³-hybridized carbons (Fsp3) is 0.429. The van der Waals surface area contributed by atoms with E-state index in [1.165, 1.54) is 11.1 Å². The number of piperidine rings is 1. The highest BCUT2D eigenvalue weighted by Crippen LogP contribution is 2.38. The van der Waals surface area contributed by atoms with E-state index in [2.05, 4.69) is 17.4 Å². The molecule has 4 rings (SSSR count). The summed E-state index contributed by atoms with van der Waals surface area (Å²) in [4.78, 5) is 14.7. The molecule has 0 radical (unpaired) electrons. The molecule has 0 saturated carbocycles. The Morgan fingerprint density at radius 1 is 1.27 bits per heavy atom. The number of carbonyl (C=O) groups excluding carboxylic acids is 1. The SMILES string of the molecule is Cc1nn(C)cc1C1=CC2CCCC(C1)N2C(=O)OCc1ccccc1. The number of benzene rings is 1. The zero-order chi connectivity index (χ0) is 18.1. The van der Waals surface area contributed by atoms with Crippen molar-refractivity contribution in [3.05, 3.63) is 59.4 Å². The lowest BCUT2D eigenvalue weighted by Gasteiger charge is -2.44. The van der Waals surface area contributed by atoms with Crippen molar-refractivity contribution in [2.75, 3.05) is 0 Å². The number of aromatic nitrogens is 2. The van der Waals surface area contributed by atoms with E-state index in [1.54, 1.807) is 0 Å². The maximum Gasteiger partial charge on any atom is 0.410 e.